The molecule has 0 spiro atoms. The number of nitrogens with zero attached hydrogens (tertiary/aromatic N) is 6. The van der Waals surface area contributed by atoms with E-state index in [1.54, 1.807) is 9.42 Å². The molecule has 3 aromatic heterocycles. The zero-order valence-corrected chi connectivity index (χ0v) is 25.2. The molecule has 7 aromatic rings. The van der Waals surface area contributed by atoms with Crippen molar-refractivity contribution in [3.8, 4) is 28.3 Å². The number of fused-ring (bicyclic) bond motifs is 1. The molecular weight excluding hydrogens is 599 g/mol. The van der Waals surface area contributed by atoms with E-state index in [0.717, 1.165) is 45.0 Å². The van der Waals surface area contributed by atoms with E-state index in [0.29, 0.717) is 20.3 Å². The summed E-state index contributed by atoms with van der Waals surface area (Å²) >= 11 is 6.64. The maximum absolute atomic E-state index is 14.2. The molecule has 0 atom stereocenters. The highest BCUT2D eigenvalue weighted by atomic mass is 32.1. The zero-order chi connectivity index (χ0) is 30.3. The zero-order valence-electron chi connectivity index (χ0n) is 23.6. The molecule has 4 aromatic carbocycles. The molecule has 216 valence electrons. The Kier molecular flexibility index (Phi) is 6.63. The Morgan fingerprint density at radius 2 is 1.40 bits per heavy atom. The smallest absolute Gasteiger partial charge is 0.262 e. The highest BCUT2D eigenvalue weighted by Crippen LogP contribution is 2.37. The number of benzene rings is 4. The predicted octanol–water partition coefficient (Wildman–Crippen LogP) is 7.84. The number of carbonyl (C=O) groups is 1. The van der Waals surface area contributed by atoms with Crippen LogP contribution in [0.5, 0.6) is 0 Å². The van der Waals surface area contributed by atoms with Crippen molar-refractivity contribution >= 4 is 51.9 Å². The number of anilines is 1. The second kappa shape index (κ2) is 11.1. The van der Waals surface area contributed by atoms with Gasteiger partial charge in [0.1, 0.15) is 0 Å². The van der Waals surface area contributed by atoms with Gasteiger partial charge < -0.3 is 0 Å². The Balaban J connectivity index is 1.22. The third kappa shape index (κ3) is 4.92. The van der Waals surface area contributed by atoms with Crippen molar-refractivity contribution in [1.29, 1.82) is 0 Å². The van der Waals surface area contributed by atoms with Crippen LogP contribution in [-0.2, 0) is 4.79 Å². The van der Waals surface area contributed by atoms with Crippen LogP contribution in [0.15, 0.2) is 133 Å². The van der Waals surface area contributed by atoms with Gasteiger partial charge in [-0.25, -0.2) is 9.20 Å². The lowest BCUT2D eigenvalue weighted by Gasteiger charge is -2.21. The number of para-hydroxylation sites is 1. The normalized spacial score (nSPS) is 14.0. The van der Waals surface area contributed by atoms with E-state index in [-0.39, 0.29) is 5.91 Å². The van der Waals surface area contributed by atoms with Crippen LogP contribution in [0.25, 0.3) is 45.1 Å². The third-order valence-electron chi connectivity index (χ3n) is 7.58. The maximum atomic E-state index is 14.2. The lowest BCUT2D eigenvalue weighted by Crippen LogP contribution is -2.24. The van der Waals surface area contributed by atoms with Crippen LogP contribution in [0.3, 0.4) is 0 Å². The maximum Gasteiger partial charge on any atom is 0.262 e. The van der Waals surface area contributed by atoms with Crippen molar-refractivity contribution in [3.05, 3.63) is 148 Å². The number of nitrogens with one attached hydrogen (secondary N) is 1. The standard InChI is InChI=1S/C35H23N7OS2/c43-33-26(20-27-22-40(28-14-8-3-9-15-28)38-31(27)24-12-6-2-7-13-24)21-30(23-10-4-1-5-11-23)41(33)29-18-16-25(17-19-29)32-36-37-34-42(32)39-35(44)45-34/h1-22H,(H,39,44)/b26-20+. The molecule has 8 rings (SSSR count). The van der Waals surface area contributed by atoms with Gasteiger partial charge in [0, 0.05) is 34.1 Å². The Bertz CT molecular complexity index is 2300. The van der Waals surface area contributed by atoms with Gasteiger partial charge in [0.05, 0.1) is 17.1 Å². The number of H-pyrrole nitrogens is 1. The molecule has 1 aliphatic rings. The molecule has 0 saturated heterocycles. The van der Waals surface area contributed by atoms with Crippen molar-refractivity contribution in [2.24, 2.45) is 0 Å². The summed E-state index contributed by atoms with van der Waals surface area (Å²) in [6.07, 6.45) is 5.86. The second-order valence-corrected chi connectivity index (χ2v) is 12.0. The lowest BCUT2D eigenvalue weighted by atomic mass is 10.1. The molecule has 1 aliphatic heterocycles. The fraction of sp³-hybridized carbons (Fsp3) is 0. The van der Waals surface area contributed by atoms with Gasteiger partial charge in [-0.05, 0) is 66.3 Å². The topological polar surface area (TPSA) is 84.1 Å². The first-order valence-corrected chi connectivity index (χ1v) is 15.4. The van der Waals surface area contributed by atoms with Gasteiger partial charge in [-0.15, -0.1) is 10.2 Å². The Labute approximate surface area is 266 Å². The second-order valence-electron chi connectivity index (χ2n) is 10.4. The summed E-state index contributed by atoms with van der Waals surface area (Å²) in [5.41, 5.74) is 7.43. The molecular formula is C35H23N7OS2. The SMILES string of the molecule is O=C1/C(=C/c2cn(-c3ccccc3)nc2-c2ccccc2)C=C(c2ccccc2)N1c1ccc(-c2nnc3sc(=S)[nH]n23)cc1. The summed E-state index contributed by atoms with van der Waals surface area (Å²) in [6.45, 7) is 0. The molecule has 0 aliphatic carbocycles. The van der Waals surface area contributed by atoms with E-state index < -0.39 is 0 Å². The largest absolute Gasteiger partial charge is 0.276 e. The minimum absolute atomic E-state index is 0.125. The summed E-state index contributed by atoms with van der Waals surface area (Å²) in [4.78, 5) is 16.7. The van der Waals surface area contributed by atoms with Gasteiger partial charge in [0.25, 0.3) is 5.91 Å². The van der Waals surface area contributed by atoms with E-state index in [1.807, 2.05) is 138 Å². The summed E-state index contributed by atoms with van der Waals surface area (Å²) < 4.78 is 4.26. The van der Waals surface area contributed by atoms with Gasteiger partial charge in [-0.1, -0.05) is 90.2 Å². The number of aromatic amines is 1. The predicted molar refractivity (Wildman–Crippen MR) is 180 cm³/mol. The Morgan fingerprint density at radius 3 is 2.11 bits per heavy atom. The number of rotatable bonds is 6. The van der Waals surface area contributed by atoms with Crippen LogP contribution < -0.4 is 4.90 Å². The van der Waals surface area contributed by atoms with Crippen molar-refractivity contribution in [2.75, 3.05) is 4.90 Å². The number of amides is 1. The van der Waals surface area contributed by atoms with Crippen LogP contribution in [0.1, 0.15) is 11.1 Å². The highest BCUT2D eigenvalue weighted by Gasteiger charge is 2.31. The fourth-order valence-corrected chi connectivity index (χ4v) is 6.39. The van der Waals surface area contributed by atoms with Crippen LogP contribution in [0.2, 0.25) is 0 Å². The number of hydrogen-bond donors (Lipinski definition) is 1. The molecule has 1 N–H and O–H groups in total. The van der Waals surface area contributed by atoms with Crippen molar-refractivity contribution in [1.82, 2.24) is 29.6 Å². The highest BCUT2D eigenvalue weighted by molar-refractivity contribution is 7.73. The molecule has 0 bridgehead atoms. The summed E-state index contributed by atoms with van der Waals surface area (Å²) in [6, 6.07) is 37.7. The van der Waals surface area contributed by atoms with Crippen LogP contribution >= 0.6 is 23.6 Å². The summed E-state index contributed by atoms with van der Waals surface area (Å²) in [7, 11) is 0. The van der Waals surface area contributed by atoms with Crippen LogP contribution in [-0.4, -0.2) is 35.5 Å². The molecule has 0 radical (unpaired) electrons. The van der Waals surface area contributed by atoms with Gasteiger partial charge in [-0.2, -0.15) is 5.10 Å². The molecule has 1 amide bonds. The lowest BCUT2D eigenvalue weighted by molar-refractivity contribution is -0.113. The van der Waals surface area contributed by atoms with Gasteiger partial charge in [0.15, 0.2) is 9.78 Å². The number of carbonyl (C=O) groups excluding carboxylic acids is 1. The molecule has 0 saturated carbocycles. The van der Waals surface area contributed by atoms with E-state index >= 15 is 0 Å². The summed E-state index contributed by atoms with van der Waals surface area (Å²) in [5, 5.41) is 16.6. The minimum atomic E-state index is -0.125. The van der Waals surface area contributed by atoms with Gasteiger partial charge >= 0.3 is 0 Å². The van der Waals surface area contributed by atoms with Gasteiger partial charge in [0.2, 0.25) is 4.96 Å². The molecule has 0 unspecified atom stereocenters. The third-order valence-corrected chi connectivity index (χ3v) is 8.64. The van der Waals surface area contributed by atoms with E-state index in [2.05, 4.69) is 15.3 Å². The monoisotopic (exact) mass is 621 g/mol. The molecule has 0 fully saturated rings. The first-order valence-electron chi connectivity index (χ1n) is 14.2. The molecule has 10 heteroatoms. The summed E-state index contributed by atoms with van der Waals surface area (Å²) in [5.74, 6) is 0.528. The minimum Gasteiger partial charge on any atom is -0.276 e. The number of hydrogen-bond acceptors (Lipinski definition) is 6. The molecule has 45 heavy (non-hydrogen) atoms. The van der Waals surface area contributed by atoms with E-state index in [9.17, 15) is 4.79 Å². The van der Waals surface area contributed by atoms with Crippen LogP contribution in [0, 0.1) is 3.95 Å². The first kappa shape index (κ1) is 26.9. The van der Waals surface area contributed by atoms with Crippen molar-refractivity contribution in [3.63, 3.8) is 0 Å². The Hall–Kier alpha value is -5.71. The molecule has 4 heterocycles. The van der Waals surface area contributed by atoms with E-state index in [4.69, 9.17) is 17.3 Å². The van der Waals surface area contributed by atoms with Crippen LogP contribution in [0.4, 0.5) is 5.69 Å². The Morgan fingerprint density at radius 1 is 0.733 bits per heavy atom. The van der Waals surface area contributed by atoms with Crippen molar-refractivity contribution in [2.45, 2.75) is 0 Å². The molecule has 8 nitrogen and oxygen atoms in total. The quantitative estimate of drug-likeness (QED) is 0.151. The average Bonchev–Trinajstić information content (AvgIpc) is 3.85. The van der Waals surface area contributed by atoms with E-state index in [1.165, 1.54) is 11.3 Å². The average molecular weight is 622 g/mol. The van der Waals surface area contributed by atoms with Crippen molar-refractivity contribution < 1.29 is 4.79 Å². The number of aromatic nitrogens is 6. The van der Waals surface area contributed by atoms with Gasteiger partial charge in [-0.3, -0.25) is 14.8 Å². The first-order chi connectivity index (χ1) is 22.1. The fourth-order valence-electron chi connectivity index (χ4n) is 5.47.